The minimum atomic E-state index is 0.437. The molecule has 0 radical (unpaired) electrons. The lowest BCUT2D eigenvalue weighted by Crippen LogP contribution is -2.11. The molecular weight excluding hydrogens is 348 g/mol. The summed E-state index contributed by atoms with van der Waals surface area (Å²) in [5.41, 5.74) is 3.44. The maximum Gasteiger partial charge on any atom is 0.181 e. The molecule has 1 fully saturated rings. The van der Waals surface area contributed by atoms with Gasteiger partial charge >= 0.3 is 0 Å². The number of rotatable bonds is 6. The van der Waals surface area contributed by atoms with Crippen LogP contribution in [0.4, 0.5) is 0 Å². The van der Waals surface area contributed by atoms with E-state index in [2.05, 4.69) is 47.9 Å². The Morgan fingerprint density at radius 3 is 2.46 bits per heavy atom. The van der Waals surface area contributed by atoms with Crippen LogP contribution in [0.5, 0.6) is 5.75 Å². The third-order valence-corrected chi connectivity index (χ3v) is 5.33. The fraction of sp³-hybridized carbons (Fsp3) is 0.391. The van der Waals surface area contributed by atoms with Gasteiger partial charge in [0.25, 0.3) is 0 Å². The van der Waals surface area contributed by atoms with Crippen molar-refractivity contribution >= 4 is 0 Å². The molecule has 3 aromatic rings. The maximum atomic E-state index is 5.28. The fourth-order valence-electron chi connectivity index (χ4n) is 3.96. The van der Waals surface area contributed by atoms with Crippen molar-refractivity contribution in [1.29, 1.82) is 0 Å². The molecule has 0 aliphatic heterocycles. The standard InChI is InChI=1S/C23H28N4O/c1-26(2)16-17-7-6-8-19(15-17)23-24-22(18-11-13-21(28-3)14-12-18)25-27(23)20-9-4-5-10-20/h6-8,11-15,20H,4-5,9-10,16H2,1-3H3. The van der Waals surface area contributed by atoms with Gasteiger partial charge in [-0.15, -0.1) is 0 Å². The quantitative estimate of drug-likeness (QED) is 0.620. The van der Waals surface area contributed by atoms with Gasteiger partial charge in [-0.05, 0) is 62.8 Å². The number of benzene rings is 2. The van der Waals surface area contributed by atoms with E-state index in [0.29, 0.717) is 6.04 Å². The summed E-state index contributed by atoms with van der Waals surface area (Å²) in [7, 11) is 5.87. The van der Waals surface area contributed by atoms with E-state index in [9.17, 15) is 0 Å². The Labute approximate surface area is 167 Å². The van der Waals surface area contributed by atoms with Crippen LogP contribution in [0.1, 0.15) is 37.3 Å². The molecule has 1 saturated carbocycles. The Hall–Kier alpha value is -2.66. The van der Waals surface area contributed by atoms with E-state index < -0.39 is 0 Å². The van der Waals surface area contributed by atoms with Gasteiger partial charge in [-0.3, -0.25) is 0 Å². The Bertz CT molecular complexity index is 924. The molecule has 5 nitrogen and oxygen atoms in total. The molecule has 1 aliphatic carbocycles. The van der Waals surface area contributed by atoms with Gasteiger partial charge in [0.1, 0.15) is 5.75 Å². The Kier molecular flexibility index (Phi) is 5.44. The van der Waals surface area contributed by atoms with Crippen LogP contribution in [0.15, 0.2) is 48.5 Å². The van der Waals surface area contributed by atoms with Gasteiger partial charge in [-0.2, -0.15) is 5.10 Å². The maximum absolute atomic E-state index is 5.28. The predicted molar refractivity (Wildman–Crippen MR) is 112 cm³/mol. The molecule has 1 aromatic heterocycles. The molecule has 5 heteroatoms. The minimum absolute atomic E-state index is 0.437. The SMILES string of the molecule is COc1ccc(-c2nc(-c3cccc(CN(C)C)c3)n(C3CCCC3)n2)cc1. The Morgan fingerprint density at radius 1 is 1.04 bits per heavy atom. The van der Waals surface area contributed by atoms with Crippen LogP contribution in [-0.4, -0.2) is 40.9 Å². The van der Waals surface area contributed by atoms with E-state index in [0.717, 1.165) is 35.1 Å². The zero-order chi connectivity index (χ0) is 19.5. The molecule has 1 aliphatic rings. The van der Waals surface area contributed by atoms with Gasteiger partial charge in [0.05, 0.1) is 13.2 Å². The number of methoxy groups -OCH3 is 1. The van der Waals surface area contributed by atoms with E-state index in [1.54, 1.807) is 7.11 Å². The van der Waals surface area contributed by atoms with E-state index in [4.69, 9.17) is 14.8 Å². The second kappa shape index (κ2) is 8.15. The average Bonchev–Trinajstić information content (AvgIpc) is 3.37. The van der Waals surface area contributed by atoms with Gasteiger partial charge in [0.15, 0.2) is 11.6 Å². The van der Waals surface area contributed by atoms with Gasteiger partial charge in [-0.1, -0.05) is 31.0 Å². The smallest absolute Gasteiger partial charge is 0.181 e. The zero-order valence-corrected chi connectivity index (χ0v) is 16.9. The van der Waals surface area contributed by atoms with E-state index in [1.807, 2.05) is 24.3 Å². The van der Waals surface area contributed by atoms with Gasteiger partial charge in [-0.25, -0.2) is 9.67 Å². The van der Waals surface area contributed by atoms with Crippen molar-refractivity contribution in [3.8, 4) is 28.5 Å². The van der Waals surface area contributed by atoms with Gasteiger partial charge < -0.3 is 9.64 Å². The van der Waals surface area contributed by atoms with E-state index in [1.165, 1.54) is 31.2 Å². The lowest BCUT2D eigenvalue weighted by atomic mass is 10.1. The zero-order valence-electron chi connectivity index (χ0n) is 16.9. The first kappa shape index (κ1) is 18.7. The van der Waals surface area contributed by atoms with Crippen molar-refractivity contribution < 1.29 is 4.74 Å². The molecule has 0 unspecified atom stereocenters. The summed E-state index contributed by atoms with van der Waals surface area (Å²) >= 11 is 0. The van der Waals surface area contributed by atoms with Crippen LogP contribution in [0.2, 0.25) is 0 Å². The van der Waals surface area contributed by atoms with Gasteiger partial charge in [0, 0.05) is 17.7 Å². The Balaban J connectivity index is 1.75. The van der Waals surface area contributed by atoms with Crippen molar-refractivity contribution in [2.75, 3.05) is 21.2 Å². The third-order valence-electron chi connectivity index (χ3n) is 5.33. The molecule has 0 atom stereocenters. The summed E-state index contributed by atoms with van der Waals surface area (Å²) in [4.78, 5) is 7.15. The number of hydrogen-bond donors (Lipinski definition) is 0. The van der Waals surface area contributed by atoms with Crippen molar-refractivity contribution in [2.45, 2.75) is 38.3 Å². The molecule has 0 bridgehead atoms. The highest BCUT2D eigenvalue weighted by Crippen LogP contribution is 2.34. The minimum Gasteiger partial charge on any atom is -0.497 e. The van der Waals surface area contributed by atoms with Crippen LogP contribution < -0.4 is 4.74 Å². The van der Waals surface area contributed by atoms with Crippen LogP contribution in [0.3, 0.4) is 0 Å². The summed E-state index contributed by atoms with van der Waals surface area (Å²) in [6, 6.07) is 17.1. The van der Waals surface area contributed by atoms with Crippen LogP contribution >= 0.6 is 0 Å². The summed E-state index contributed by atoms with van der Waals surface area (Å²) < 4.78 is 7.45. The second-order valence-corrected chi connectivity index (χ2v) is 7.81. The summed E-state index contributed by atoms with van der Waals surface area (Å²) in [6.45, 7) is 0.913. The molecule has 2 aromatic carbocycles. The molecule has 0 amide bonds. The number of hydrogen-bond acceptors (Lipinski definition) is 4. The topological polar surface area (TPSA) is 43.2 Å². The average molecular weight is 377 g/mol. The van der Waals surface area contributed by atoms with Crippen LogP contribution in [0, 0.1) is 0 Å². The van der Waals surface area contributed by atoms with Gasteiger partial charge in [0.2, 0.25) is 0 Å². The largest absolute Gasteiger partial charge is 0.497 e. The second-order valence-electron chi connectivity index (χ2n) is 7.81. The lowest BCUT2D eigenvalue weighted by molar-refractivity contribution is 0.402. The number of aromatic nitrogens is 3. The fourth-order valence-corrected chi connectivity index (χ4v) is 3.96. The molecule has 0 spiro atoms. The van der Waals surface area contributed by atoms with Crippen molar-refractivity contribution in [1.82, 2.24) is 19.7 Å². The molecule has 146 valence electrons. The summed E-state index contributed by atoms with van der Waals surface area (Å²) in [5, 5.41) is 4.94. The lowest BCUT2D eigenvalue weighted by Gasteiger charge is -2.14. The molecule has 28 heavy (non-hydrogen) atoms. The van der Waals surface area contributed by atoms with Crippen molar-refractivity contribution in [3.63, 3.8) is 0 Å². The highest BCUT2D eigenvalue weighted by atomic mass is 16.5. The molecular formula is C23H28N4O. The highest BCUT2D eigenvalue weighted by molar-refractivity contribution is 5.63. The van der Waals surface area contributed by atoms with E-state index in [-0.39, 0.29) is 0 Å². The Morgan fingerprint density at radius 2 is 1.79 bits per heavy atom. The summed E-state index contributed by atoms with van der Waals surface area (Å²) in [5.74, 6) is 2.59. The molecule has 0 saturated heterocycles. The predicted octanol–water partition coefficient (Wildman–Crippen LogP) is 4.80. The number of nitrogens with zero attached hydrogens (tertiary/aromatic N) is 4. The first-order valence-corrected chi connectivity index (χ1v) is 9.99. The van der Waals surface area contributed by atoms with Crippen LogP contribution in [0.25, 0.3) is 22.8 Å². The third kappa shape index (κ3) is 3.94. The first-order chi connectivity index (χ1) is 13.6. The van der Waals surface area contributed by atoms with Crippen molar-refractivity contribution in [2.24, 2.45) is 0 Å². The highest BCUT2D eigenvalue weighted by Gasteiger charge is 2.23. The first-order valence-electron chi connectivity index (χ1n) is 9.99. The van der Waals surface area contributed by atoms with Crippen molar-refractivity contribution in [3.05, 3.63) is 54.1 Å². The molecule has 1 heterocycles. The van der Waals surface area contributed by atoms with E-state index >= 15 is 0 Å². The number of ether oxygens (including phenoxy) is 1. The van der Waals surface area contributed by atoms with Crippen LogP contribution in [-0.2, 0) is 6.54 Å². The monoisotopic (exact) mass is 376 g/mol. The molecule has 0 N–H and O–H groups in total. The molecule has 4 rings (SSSR count). The summed E-state index contributed by atoms with van der Waals surface area (Å²) in [6.07, 6.45) is 4.89. The normalized spacial score (nSPS) is 14.7.